The van der Waals surface area contributed by atoms with Gasteiger partial charge in [0.25, 0.3) is 0 Å². The number of carbonyl (C=O) groups excluding carboxylic acids is 1. The molecule has 0 aliphatic heterocycles. The zero-order valence-corrected chi connectivity index (χ0v) is 8.50. The third-order valence-corrected chi connectivity index (χ3v) is 1.37. The van der Waals surface area contributed by atoms with Crippen LogP contribution in [0.5, 0.6) is 0 Å². The van der Waals surface area contributed by atoms with Crippen molar-refractivity contribution < 1.29 is 27.4 Å². The Hall–Kier alpha value is -1.04. The second-order valence-electron chi connectivity index (χ2n) is 2.67. The van der Waals surface area contributed by atoms with Crippen molar-refractivity contribution >= 4 is 5.97 Å². The Kier molecular flexibility index (Phi) is 6.00. The lowest BCUT2D eigenvalue weighted by Gasteiger charge is -2.09. The Balaban J connectivity index is 3.77. The first-order valence-electron chi connectivity index (χ1n) is 4.39. The van der Waals surface area contributed by atoms with Crippen molar-refractivity contribution in [3.05, 3.63) is 12.2 Å². The monoisotopic (exact) mass is 226 g/mol. The summed E-state index contributed by atoms with van der Waals surface area (Å²) < 4.78 is 44.3. The van der Waals surface area contributed by atoms with E-state index in [1.807, 2.05) is 0 Å². The second-order valence-corrected chi connectivity index (χ2v) is 2.67. The molecule has 0 heterocycles. The first-order valence-corrected chi connectivity index (χ1v) is 4.39. The minimum atomic E-state index is -4.35. The molecule has 0 fully saturated rings. The van der Waals surface area contributed by atoms with Crippen molar-refractivity contribution in [2.24, 2.45) is 0 Å². The second kappa shape index (κ2) is 6.44. The lowest BCUT2D eigenvalue weighted by molar-refractivity contribution is -0.154. The predicted octanol–water partition coefficient (Wildman–Crippen LogP) is 2.07. The maximum absolute atomic E-state index is 11.6. The summed E-state index contributed by atoms with van der Waals surface area (Å²) in [4.78, 5) is 10.9. The molecule has 0 rings (SSSR count). The number of ether oxygens (including phenoxy) is 2. The van der Waals surface area contributed by atoms with Gasteiger partial charge in [0.2, 0.25) is 0 Å². The number of alkyl halides is 3. The average molecular weight is 226 g/mol. The van der Waals surface area contributed by atoms with Crippen LogP contribution in [0.1, 0.15) is 13.8 Å². The van der Waals surface area contributed by atoms with Crippen LogP contribution in [-0.2, 0) is 14.3 Å². The van der Waals surface area contributed by atoms with Crippen molar-refractivity contribution in [3.63, 3.8) is 0 Å². The van der Waals surface area contributed by atoms with E-state index in [0.717, 1.165) is 6.08 Å². The fraction of sp³-hybridized carbons (Fsp3) is 0.667. The third-order valence-electron chi connectivity index (χ3n) is 1.37. The molecule has 6 heteroatoms. The van der Waals surface area contributed by atoms with Crippen LogP contribution >= 0.6 is 0 Å². The summed E-state index contributed by atoms with van der Waals surface area (Å²) in [6.07, 6.45) is -4.35. The molecule has 0 spiro atoms. The van der Waals surface area contributed by atoms with Crippen LogP contribution in [0.25, 0.3) is 0 Å². The van der Waals surface area contributed by atoms with Gasteiger partial charge in [-0.15, -0.1) is 0 Å². The fourth-order valence-corrected chi connectivity index (χ4v) is 0.709. The molecule has 1 atom stereocenters. The normalized spacial score (nSPS) is 14.2. The Morgan fingerprint density at radius 1 is 1.47 bits per heavy atom. The highest BCUT2D eigenvalue weighted by atomic mass is 19.4. The van der Waals surface area contributed by atoms with Gasteiger partial charge in [-0.1, -0.05) is 6.08 Å². The zero-order chi connectivity index (χ0) is 11.9. The van der Waals surface area contributed by atoms with E-state index in [9.17, 15) is 18.0 Å². The molecule has 0 aromatic rings. The van der Waals surface area contributed by atoms with Crippen LogP contribution in [0.2, 0.25) is 0 Å². The molecular formula is C9H13F3O3. The predicted molar refractivity (Wildman–Crippen MR) is 47.2 cm³/mol. The highest BCUT2D eigenvalue weighted by molar-refractivity contribution is 5.74. The van der Waals surface area contributed by atoms with Gasteiger partial charge in [-0.3, -0.25) is 0 Å². The molecule has 0 N–H and O–H groups in total. The Labute approximate surface area is 85.9 Å². The van der Waals surface area contributed by atoms with Gasteiger partial charge in [-0.2, -0.15) is 13.2 Å². The summed E-state index contributed by atoms with van der Waals surface area (Å²) >= 11 is 0. The summed E-state index contributed by atoms with van der Waals surface area (Å²) in [7, 11) is 0. The molecule has 0 aromatic carbocycles. The molecule has 15 heavy (non-hydrogen) atoms. The molecule has 0 amide bonds. The Morgan fingerprint density at radius 3 is 2.53 bits per heavy atom. The highest BCUT2D eigenvalue weighted by Gasteiger charge is 2.21. The van der Waals surface area contributed by atoms with E-state index >= 15 is 0 Å². The van der Waals surface area contributed by atoms with E-state index < -0.39 is 18.2 Å². The smallest absolute Gasteiger partial charge is 0.409 e. The molecule has 3 nitrogen and oxygen atoms in total. The molecule has 0 unspecified atom stereocenters. The van der Waals surface area contributed by atoms with E-state index in [4.69, 9.17) is 4.74 Å². The van der Waals surface area contributed by atoms with E-state index in [1.54, 1.807) is 6.92 Å². The van der Waals surface area contributed by atoms with E-state index in [1.165, 1.54) is 6.92 Å². The number of hydrogen-bond acceptors (Lipinski definition) is 3. The van der Waals surface area contributed by atoms with Crippen LogP contribution < -0.4 is 0 Å². The summed E-state index contributed by atoms with van der Waals surface area (Å²) in [6.45, 7) is 2.98. The third kappa shape index (κ3) is 7.99. The number of hydrogen-bond donors (Lipinski definition) is 0. The molecule has 0 aliphatic carbocycles. The van der Waals surface area contributed by atoms with Gasteiger partial charge in [0.1, 0.15) is 0 Å². The number of esters is 1. The van der Waals surface area contributed by atoms with Crippen LogP contribution in [0, 0.1) is 0 Å². The first-order chi connectivity index (χ1) is 6.87. The topological polar surface area (TPSA) is 35.5 Å². The summed E-state index contributed by atoms with van der Waals surface area (Å²) in [6, 6.07) is 0. The van der Waals surface area contributed by atoms with Crippen molar-refractivity contribution in [3.8, 4) is 0 Å². The minimum Gasteiger partial charge on any atom is -0.464 e. The lowest BCUT2D eigenvalue weighted by Crippen LogP contribution is -2.23. The number of carbonyl (C=O) groups is 1. The quantitative estimate of drug-likeness (QED) is 0.531. The minimum absolute atomic E-state index is 0.0604. The maximum Gasteiger partial charge on any atom is 0.409 e. The van der Waals surface area contributed by atoms with Gasteiger partial charge in [-0.05, 0) is 13.8 Å². The highest BCUT2D eigenvalue weighted by Crippen LogP contribution is 2.15. The molecule has 0 radical (unpaired) electrons. The van der Waals surface area contributed by atoms with Gasteiger partial charge < -0.3 is 9.47 Å². The molecule has 88 valence electrons. The van der Waals surface area contributed by atoms with Gasteiger partial charge in [0.05, 0.1) is 13.2 Å². The molecule has 0 aromatic heterocycles. The molecular weight excluding hydrogens is 213 g/mol. The zero-order valence-electron chi connectivity index (χ0n) is 8.50. The Bertz CT molecular complexity index is 223. The van der Waals surface area contributed by atoms with Gasteiger partial charge in [0.15, 0.2) is 6.10 Å². The molecule has 0 aliphatic rings. The van der Waals surface area contributed by atoms with Crippen molar-refractivity contribution in [2.45, 2.75) is 26.1 Å². The standard InChI is InChI=1S/C9H13F3O3/c1-3-14-8(13)7(2)15-6-4-5-9(10,11)12/h4-5,7H,3,6H2,1-2H3/b5-4+/t7-/m0/s1. The SMILES string of the molecule is CCOC(=O)[C@H](C)OC/C=C/C(F)(F)F. The van der Waals surface area contributed by atoms with Gasteiger partial charge >= 0.3 is 12.1 Å². The summed E-state index contributed by atoms with van der Waals surface area (Å²) in [5.41, 5.74) is 0. The van der Waals surface area contributed by atoms with Gasteiger partial charge in [0, 0.05) is 6.08 Å². The van der Waals surface area contributed by atoms with Crippen LogP contribution in [0.3, 0.4) is 0 Å². The van der Waals surface area contributed by atoms with Gasteiger partial charge in [-0.25, -0.2) is 4.79 Å². The Morgan fingerprint density at radius 2 is 2.07 bits per heavy atom. The van der Waals surface area contributed by atoms with Crippen molar-refractivity contribution in [2.75, 3.05) is 13.2 Å². The van der Waals surface area contributed by atoms with Crippen molar-refractivity contribution in [1.29, 1.82) is 0 Å². The lowest BCUT2D eigenvalue weighted by atomic mass is 10.4. The summed E-state index contributed by atoms with van der Waals surface area (Å²) in [5, 5.41) is 0. The summed E-state index contributed by atoms with van der Waals surface area (Å²) in [5.74, 6) is -0.585. The average Bonchev–Trinajstić information content (AvgIpc) is 2.11. The first kappa shape index (κ1) is 14.0. The largest absolute Gasteiger partial charge is 0.464 e. The molecule has 0 saturated heterocycles. The number of rotatable bonds is 5. The van der Waals surface area contributed by atoms with Crippen LogP contribution in [0.4, 0.5) is 13.2 Å². The number of allylic oxidation sites excluding steroid dienone is 1. The maximum atomic E-state index is 11.6. The number of halogens is 3. The van der Waals surface area contributed by atoms with E-state index in [2.05, 4.69) is 4.74 Å². The molecule has 0 saturated carbocycles. The van der Waals surface area contributed by atoms with Crippen molar-refractivity contribution in [1.82, 2.24) is 0 Å². The van der Waals surface area contributed by atoms with Crippen LogP contribution in [-0.4, -0.2) is 31.5 Å². The fourth-order valence-electron chi connectivity index (χ4n) is 0.709. The van der Waals surface area contributed by atoms with E-state index in [-0.39, 0.29) is 19.3 Å². The molecule has 0 bridgehead atoms. The van der Waals surface area contributed by atoms with Crippen LogP contribution in [0.15, 0.2) is 12.2 Å². The van der Waals surface area contributed by atoms with E-state index in [0.29, 0.717) is 0 Å².